The summed E-state index contributed by atoms with van der Waals surface area (Å²) in [4.78, 5) is 5.03. The Hall–Kier alpha value is -2.27. The molecule has 0 aliphatic heterocycles. The SMILES string of the molecule is CCCC(CCC)Oc1c2c(nc3c(-c4ccc(OC)cc4Cl)c(C)nn13)CCC2. The Morgan fingerprint density at radius 1 is 1.17 bits per heavy atom. The van der Waals surface area contributed by atoms with Crippen LogP contribution < -0.4 is 9.47 Å². The van der Waals surface area contributed by atoms with Gasteiger partial charge < -0.3 is 9.47 Å². The fraction of sp³-hybridized carbons (Fsp3) is 0.500. The van der Waals surface area contributed by atoms with E-state index in [9.17, 15) is 0 Å². The third-order valence-electron chi connectivity index (χ3n) is 5.86. The summed E-state index contributed by atoms with van der Waals surface area (Å²) >= 11 is 6.62. The molecule has 0 amide bonds. The van der Waals surface area contributed by atoms with Crippen LogP contribution in [-0.2, 0) is 12.8 Å². The molecular formula is C24H30ClN3O2. The highest BCUT2D eigenvalue weighted by Gasteiger charge is 2.27. The maximum atomic E-state index is 6.63. The molecule has 4 rings (SSSR count). The molecule has 0 unspecified atom stereocenters. The third-order valence-corrected chi connectivity index (χ3v) is 6.17. The molecule has 3 aromatic rings. The average molecular weight is 428 g/mol. The van der Waals surface area contributed by atoms with Crippen LogP contribution >= 0.6 is 11.6 Å². The number of methoxy groups -OCH3 is 1. The number of halogens is 1. The van der Waals surface area contributed by atoms with E-state index in [1.54, 1.807) is 7.11 Å². The number of fused-ring (bicyclic) bond motifs is 2. The minimum atomic E-state index is 0.202. The molecule has 0 N–H and O–H groups in total. The first-order valence-electron chi connectivity index (χ1n) is 11.0. The van der Waals surface area contributed by atoms with Crippen molar-refractivity contribution >= 4 is 17.2 Å². The number of ether oxygens (including phenoxy) is 2. The fourth-order valence-corrected chi connectivity index (χ4v) is 4.69. The molecule has 0 saturated carbocycles. The van der Waals surface area contributed by atoms with Crippen LogP contribution in [0.3, 0.4) is 0 Å². The number of benzene rings is 1. The summed E-state index contributed by atoms with van der Waals surface area (Å²) in [5, 5.41) is 5.49. The van der Waals surface area contributed by atoms with Crippen LogP contribution in [0.4, 0.5) is 0 Å². The van der Waals surface area contributed by atoms with E-state index >= 15 is 0 Å². The van der Waals surface area contributed by atoms with Crippen LogP contribution in [0.5, 0.6) is 11.6 Å². The standard InChI is InChI=1S/C24H30ClN3O2/c1-5-8-16(9-6-2)30-24-19-10-7-11-21(19)26-23-22(15(3)27-28(23)24)18-13-12-17(29-4)14-20(18)25/h12-14,16H,5-11H2,1-4H3. The van der Waals surface area contributed by atoms with E-state index in [0.29, 0.717) is 5.02 Å². The van der Waals surface area contributed by atoms with E-state index < -0.39 is 0 Å². The Labute approximate surface area is 183 Å². The largest absolute Gasteiger partial charge is 0.497 e. The van der Waals surface area contributed by atoms with E-state index in [-0.39, 0.29) is 6.10 Å². The van der Waals surface area contributed by atoms with E-state index in [0.717, 1.165) is 84.7 Å². The smallest absolute Gasteiger partial charge is 0.221 e. The minimum absolute atomic E-state index is 0.202. The van der Waals surface area contributed by atoms with Crippen molar-refractivity contribution in [1.29, 1.82) is 0 Å². The number of hydrogen-bond donors (Lipinski definition) is 0. The van der Waals surface area contributed by atoms with Crippen molar-refractivity contribution in [3.63, 3.8) is 0 Å². The van der Waals surface area contributed by atoms with Gasteiger partial charge in [0.1, 0.15) is 11.9 Å². The molecule has 2 aromatic heterocycles. The molecule has 0 bridgehead atoms. The van der Waals surface area contributed by atoms with Gasteiger partial charge in [0.2, 0.25) is 5.88 Å². The second-order valence-corrected chi connectivity index (χ2v) is 8.46. The number of aryl methyl sites for hydroxylation is 2. The van der Waals surface area contributed by atoms with Crippen LogP contribution in [0.1, 0.15) is 62.9 Å². The molecule has 1 aromatic carbocycles. The zero-order valence-corrected chi connectivity index (χ0v) is 19.1. The van der Waals surface area contributed by atoms with Crippen LogP contribution in [-0.4, -0.2) is 27.8 Å². The molecule has 30 heavy (non-hydrogen) atoms. The van der Waals surface area contributed by atoms with Gasteiger partial charge in [-0.3, -0.25) is 0 Å². The molecule has 0 fully saturated rings. The number of hydrogen-bond acceptors (Lipinski definition) is 4. The third kappa shape index (κ3) is 3.76. The Morgan fingerprint density at radius 3 is 2.60 bits per heavy atom. The fourth-order valence-electron chi connectivity index (χ4n) is 4.42. The lowest BCUT2D eigenvalue weighted by atomic mass is 10.1. The number of nitrogens with zero attached hydrogens (tertiary/aromatic N) is 3. The van der Waals surface area contributed by atoms with Gasteiger partial charge in [-0.05, 0) is 57.2 Å². The molecular weight excluding hydrogens is 398 g/mol. The monoisotopic (exact) mass is 427 g/mol. The number of rotatable bonds is 8. The van der Waals surface area contributed by atoms with Crippen LogP contribution in [0.15, 0.2) is 18.2 Å². The molecule has 0 radical (unpaired) electrons. The van der Waals surface area contributed by atoms with Gasteiger partial charge in [-0.25, -0.2) is 4.98 Å². The predicted octanol–water partition coefficient (Wildman–Crippen LogP) is 6.20. The first-order valence-corrected chi connectivity index (χ1v) is 11.4. The predicted molar refractivity (Wildman–Crippen MR) is 121 cm³/mol. The summed E-state index contributed by atoms with van der Waals surface area (Å²) in [6.07, 6.45) is 7.58. The summed E-state index contributed by atoms with van der Waals surface area (Å²) < 4.78 is 13.9. The molecule has 0 spiro atoms. The zero-order chi connectivity index (χ0) is 21.3. The zero-order valence-electron chi connectivity index (χ0n) is 18.3. The van der Waals surface area contributed by atoms with Gasteiger partial charge in [-0.15, -0.1) is 0 Å². The molecule has 160 valence electrons. The summed E-state index contributed by atoms with van der Waals surface area (Å²) in [5.74, 6) is 1.61. The lowest BCUT2D eigenvalue weighted by Gasteiger charge is -2.20. The molecule has 1 aliphatic rings. The molecule has 1 aliphatic carbocycles. The van der Waals surface area contributed by atoms with Crippen molar-refractivity contribution in [2.45, 2.75) is 71.8 Å². The normalized spacial score (nSPS) is 13.3. The molecule has 2 heterocycles. The topological polar surface area (TPSA) is 48.7 Å². The molecule has 0 atom stereocenters. The van der Waals surface area contributed by atoms with Crippen LogP contribution in [0.25, 0.3) is 16.8 Å². The lowest BCUT2D eigenvalue weighted by Crippen LogP contribution is -2.19. The van der Waals surface area contributed by atoms with E-state index in [1.165, 1.54) is 5.56 Å². The van der Waals surface area contributed by atoms with Crippen molar-refractivity contribution in [3.05, 3.63) is 40.2 Å². The highest BCUT2D eigenvalue weighted by atomic mass is 35.5. The lowest BCUT2D eigenvalue weighted by molar-refractivity contribution is 0.165. The maximum Gasteiger partial charge on any atom is 0.221 e. The van der Waals surface area contributed by atoms with E-state index in [1.807, 2.05) is 29.6 Å². The van der Waals surface area contributed by atoms with Gasteiger partial charge in [0.15, 0.2) is 5.65 Å². The Morgan fingerprint density at radius 2 is 1.93 bits per heavy atom. The van der Waals surface area contributed by atoms with Crippen molar-refractivity contribution in [2.24, 2.45) is 0 Å². The van der Waals surface area contributed by atoms with Gasteiger partial charge in [-0.1, -0.05) is 38.3 Å². The van der Waals surface area contributed by atoms with Crippen molar-refractivity contribution in [1.82, 2.24) is 14.6 Å². The van der Waals surface area contributed by atoms with Crippen molar-refractivity contribution in [3.8, 4) is 22.8 Å². The molecule has 0 saturated heterocycles. The quantitative estimate of drug-likeness (QED) is 0.429. The molecule has 5 nitrogen and oxygen atoms in total. The minimum Gasteiger partial charge on any atom is -0.497 e. The van der Waals surface area contributed by atoms with Crippen LogP contribution in [0.2, 0.25) is 5.02 Å². The summed E-state index contributed by atoms with van der Waals surface area (Å²) in [6.45, 7) is 6.43. The Balaban J connectivity index is 1.88. The second kappa shape index (κ2) is 8.84. The molecule has 6 heteroatoms. The summed E-state index contributed by atoms with van der Waals surface area (Å²) in [6, 6.07) is 5.74. The maximum absolute atomic E-state index is 6.63. The summed E-state index contributed by atoms with van der Waals surface area (Å²) in [5.41, 5.74) is 5.95. The Bertz CT molecular complexity index is 1050. The highest BCUT2D eigenvalue weighted by Crippen LogP contribution is 2.39. The summed E-state index contributed by atoms with van der Waals surface area (Å²) in [7, 11) is 1.64. The Kier molecular flexibility index (Phi) is 6.19. The van der Waals surface area contributed by atoms with E-state index in [2.05, 4.69) is 13.8 Å². The van der Waals surface area contributed by atoms with Gasteiger partial charge in [0.05, 0.1) is 29.1 Å². The second-order valence-electron chi connectivity index (χ2n) is 8.05. The van der Waals surface area contributed by atoms with E-state index in [4.69, 9.17) is 31.2 Å². The van der Waals surface area contributed by atoms with Crippen LogP contribution in [0, 0.1) is 6.92 Å². The average Bonchev–Trinajstić information content (AvgIpc) is 3.32. The van der Waals surface area contributed by atoms with Gasteiger partial charge >= 0.3 is 0 Å². The van der Waals surface area contributed by atoms with Gasteiger partial charge in [0.25, 0.3) is 0 Å². The highest BCUT2D eigenvalue weighted by molar-refractivity contribution is 6.33. The first kappa shape index (κ1) is 21.0. The van der Waals surface area contributed by atoms with Gasteiger partial charge in [0, 0.05) is 11.1 Å². The van der Waals surface area contributed by atoms with Gasteiger partial charge in [-0.2, -0.15) is 9.61 Å². The van der Waals surface area contributed by atoms with Crippen molar-refractivity contribution < 1.29 is 9.47 Å². The first-order chi connectivity index (χ1) is 14.6. The van der Waals surface area contributed by atoms with Crippen molar-refractivity contribution in [2.75, 3.05) is 7.11 Å². The number of aromatic nitrogens is 3.